The smallest absolute Gasteiger partial charge is 0.155 e. The van der Waals surface area contributed by atoms with E-state index in [0.29, 0.717) is 0 Å². The number of H-pyrrole nitrogens is 1. The number of likely N-dealkylation sites (tertiary alicyclic amines) is 1. The van der Waals surface area contributed by atoms with E-state index in [1.54, 1.807) is 0 Å². The zero-order chi connectivity index (χ0) is 20.2. The third-order valence-corrected chi connectivity index (χ3v) is 5.97. The standard InChI is InChI=1S/C23H28N6O/c1-2-4-11-29(10-3-1)12-13-30-19-7-5-6-17(14-19)22-20-15-18(23-24-16-25-28-23)8-9-21(20)26-27-22/h5-9,14-16,22,26-27H,1-4,10-13H2,(H,24,25,28). The fourth-order valence-corrected chi connectivity index (χ4v) is 4.33. The Balaban J connectivity index is 1.28. The molecule has 30 heavy (non-hydrogen) atoms. The monoisotopic (exact) mass is 404 g/mol. The Morgan fingerprint density at radius 1 is 1.03 bits per heavy atom. The lowest BCUT2D eigenvalue weighted by Crippen LogP contribution is -2.29. The van der Waals surface area contributed by atoms with Gasteiger partial charge in [0.1, 0.15) is 18.7 Å². The Morgan fingerprint density at radius 2 is 1.93 bits per heavy atom. The third kappa shape index (κ3) is 4.17. The predicted molar refractivity (Wildman–Crippen MR) is 117 cm³/mol. The molecule has 156 valence electrons. The first-order valence-electron chi connectivity index (χ1n) is 10.8. The van der Waals surface area contributed by atoms with Gasteiger partial charge in [-0.1, -0.05) is 25.0 Å². The molecule has 0 spiro atoms. The van der Waals surface area contributed by atoms with E-state index >= 15 is 0 Å². The van der Waals surface area contributed by atoms with Crippen molar-refractivity contribution in [3.63, 3.8) is 0 Å². The molecule has 2 aromatic carbocycles. The van der Waals surface area contributed by atoms with E-state index < -0.39 is 0 Å². The third-order valence-electron chi connectivity index (χ3n) is 5.97. The van der Waals surface area contributed by atoms with Gasteiger partial charge in [0.25, 0.3) is 0 Å². The van der Waals surface area contributed by atoms with E-state index in [4.69, 9.17) is 4.74 Å². The van der Waals surface area contributed by atoms with Gasteiger partial charge in [-0.05, 0) is 61.8 Å². The van der Waals surface area contributed by atoms with Crippen LogP contribution in [0.5, 0.6) is 5.75 Å². The number of rotatable bonds is 6. The maximum absolute atomic E-state index is 6.11. The number of anilines is 1. The van der Waals surface area contributed by atoms with Crippen molar-refractivity contribution in [2.24, 2.45) is 0 Å². The minimum atomic E-state index is 0.0528. The van der Waals surface area contributed by atoms with E-state index in [9.17, 15) is 0 Å². The number of hydrogen-bond acceptors (Lipinski definition) is 6. The number of benzene rings is 2. The fraction of sp³-hybridized carbons (Fsp3) is 0.391. The Kier molecular flexibility index (Phi) is 5.63. The zero-order valence-electron chi connectivity index (χ0n) is 17.1. The number of hydrazine groups is 1. The molecular formula is C23H28N6O. The Labute approximate surface area is 176 Å². The number of fused-ring (bicyclic) bond motifs is 1. The molecule has 0 amide bonds. The van der Waals surface area contributed by atoms with Gasteiger partial charge >= 0.3 is 0 Å². The molecule has 0 bridgehead atoms. The molecule has 2 aliphatic heterocycles. The maximum Gasteiger partial charge on any atom is 0.155 e. The van der Waals surface area contributed by atoms with Crippen LogP contribution in [0.4, 0.5) is 5.69 Å². The van der Waals surface area contributed by atoms with E-state index in [1.807, 2.05) is 12.1 Å². The summed E-state index contributed by atoms with van der Waals surface area (Å²) in [5.41, 5.74) is 11.1. The molecule has 3 N–H and O–H groups in total. The predicted octanol–water partition coefficient (Wildman–Crippen LogP) is 3.75. The van der Waals surface area contributed by atoms with Gasteiger partial charge < -0.3 is 10.2 Å². The second-order valence-electron chi connectivity index (χ2n) is 8.02. The summed E-state index contributed by atoms with van der Waals surface area (Å²) in [5, 5.41) is 6.90. The van der Waals surface area contributed by atoms with Gasteiger partial charge in [-0.3, -0.25) is 10.00 Å². The second kappa shape index (κ2) is 8.85. The van der Waals surface area contributed by atoms with E-state index in [0.717, 1.165) is 36.0 Å². The summed E-state index contributed by atoms with van der Waals surface area (Å²) in [6.07, 6.45) is 6.88. The summed E-state index contributed by atoms with van der Waals surface area (Å²) in [4.78, 5) is 6.80. The van der Waals surface area contributed by atoms with Gasteiger partial charge in [0, 0.05) is 17.7 Å². The Bertz CT molecular complexity index is 966. The van der Waals surface area contributed by atoms with Crippen molar-refractivity contribution >= 4 is 5.69 Å². The van der Waals surface area contributed by atoms with E-state index in [-0.39, 0.29) is 6.04 Å². The molecule has 2 aliphatic rings. The van der Waals surface area contributed by atoms with Crippen molar-refractivity contribution < 1.29 is 4.74 Å². The molecule has 0 radical (unpaired) electrons. The van der Waals surface area contributed by atoms with Gasteiger partial charge in [0.15, 0.2) is 5.82 Å². The van der Waals surface area contributed by atoms with Crippen LogP contribution in [0.15, 0.2) is 48.8 Å². The van der Waals surface area contributed by atoms with Gasteiger partial charge in [0.2, 0.25) is 0 Å². The van der Waals surface area contributed by atoms with Crippen LogP contribution in [0.3, 0.4) is 0 Å². The van der Waals surface area contributed by atoms with Crippen LogP contribution in [0.2, 0.25) is 0 Å². The largest absolute Gasteiger partial charge is 0.492 e. The fourth-order valence-electron chi connectivity index (χ4n) is 4.33. The number of aromatic amines is 1. The topological polar surface area (TPSA) is 78.1 Å². The van der Waals surface area contributed by atoms with Crippen LogP contribution < -0.4 is 15.6 Å². The van der Waals surface area contributed by atoms with Crippen LogP contribution in [0.1, 0.15) is 42.9 Å². The molecule has 1 aromatic heterocycles. The lowest BCUT2D eigenvalue weighted by atomic mass is 9.97. The minimum absolute atomic E-state index is 0.0528. The quantitative estimate of drug-likeness (QED) is 0.581. The minimum Gasteiger partial charge on any atom is -0.492 e. The first-order valence-corrected chi connectivity index (χ1v) is 10.8. The molecule has 7 nitrogen and oxygen atoms in total. The van der Waals surface area contributed by atoms with Crippen molar-refractivity contribution in [3.05, 3.63) is 59.9 Å². The van der Waals surface area contributed by atoms with Crippen molar-refractivity contribution in [1.82, 2.24) is 25.5 Å². The molecule has 0 saturated carbocycles. The summed E-state index contributed by atoms with van der Waals surface area (Å²) in [6.45, 7) is 4.12. The molecule has 3 heterocycles. The first-order chi connectivity index (χ1) is 14.9. The lowest BCUT2D eigenvalue weighted by Gasteiger charge is -2.20. The summed E-state index contributed by atoms with van der Waals surface area (Å²) < 4.78 is 6.11. The average molecular weight is 405 g/mol. The van der Waals surface area contributed by atoms with Crippen LogP contribution in [-0.4, -0.2) is 46.3 Å². The van der Waals surface area contributed by atoms with Gasteiger partial charge in [0.05, 0.1) is 11.7 Å². The Morgan fingerprint density at radius 3 is 2.77 bits per heavy atom. The maximum atomic E-state index is 6.11. The summed E-state index contributed by atoms with van der Waals surface area (Å²) in [5.74, 6) is 1.69. The summed E-state index contributed by atoms with van der Waals surface area (Å²) in [6, 6.07) is 14.7. The number of ether oxygens (including phenoxy) is 1. The first kappa shape index (κ1) is 19.1. The molecule has 1 saturated heterocycles. The highest BCUT2D eigenvalue weighted by molar-refractivity contribution is 5.67. The number of nitrogens with one attached hydrogen (secondary N) is 3. The molecule has 0 aliphatic carbocycles. The normalized spacial score (nSPS) is 19.1. The molecule has 5 rings (SSSR count). The number of aromatic nitrogens is 3. The SMILES string of the molecule is c1cc(OCCN2CCCCCC2)cc(C2NNc3ccc(-c4ncn[nH]4)cc32)c1. The van der Waals surface area contributed by atoms with Crippen LogP contribution in [-0.2, 0) is 0 Å². The van der Waals surface area contributed by atoms with Crippen LogP contribution in [0.25, 0.3) is 11.4 Å². The lowest BCUT2D eigenvalue weighted by molar-refractivity contribution is 0.214. The van der Waals surface area contributed by atoms with Crippen molar-refractivity contribution in [2.45, 2.75) is 31.7 Å². The number of hydrogen-bond donors (Lipinski definition) is 3. The summed E-state index contributed by atoms with van der Waals surface area (Å²) in [7, 11) is 0. The van der Waals surface area contributed by atoms with E-state index in [1.165, 1.54) is 56.2 Å². The highest BCUT2D eigenvalue weighted by Crippen LogP contribution is 2.36. The number of nitrogens with zero attached hydrogens (tertiary/aromatic N) is 3. The molecule has 3 aromatic rings. The molecule has 1 atom stereocenters. The van der Waals surface area contributed by atoms with Crippen LogP contribution >= 0.6 is 0 Å². The van der Waals surface area contributed by atoms with Crippen molar-refractivity contribution in [2.75, 3.05) is 31.7 Å². The van der Waals surface area contributed by atoms with Gasteiger partial charge in [-0.2, -0.15) is 5.10 Å². The molecule has 1 fully saturated rings. The molecule has 7 heteroatoms. The van der Waals surface area contributed by atoms with Crippen LogP contribution in [0, 0.1) is 0 Å². The molecular weight excluding hydrogens is 376 g/mol. The highest BCUT2D eigenvalue weighted by atomic mass is 16.5. The molecule has 1 unspecified atom stereocenters. The van der Waals surface area contributed by atoms with Crippen molar-refractivity contribution in [1.29, 1.82) is 0 Å². The van der Waals surface area contributed by atoms with Gasteiger partial charge in [-0.25, -0.2) is 10.4 Å². The Hall–Kier alpha value is -2.90. The zero-order valence-corrected chi connectivity index (χ0v) is 17.1. The average Bonchev–Trinajstić information content (AvgIpc) is 3.39. The van der Waals surface area contributed by atoms with E-state index in [2.05, 4.69) is 61.3 Å². The highest BCUT2D eigenvalue weighted by Gasteiger charge is 2.24. The second-order valence-corrected chi connectivity index (χ2v) is 8.02. The van der Waals surface area contributed by atoms with Gasteiger partial charge in [-0.15, -0.1) is 0 Å². The van der Waals surface area contributed by atoms with Crippen molar-refractivity contribution in [3.8, 4) is 17.1 Å². The summed E-state index contributed by atoms with van der Waals surface area (Å²) >= 11 is 0.